The van der Waals surface area contributed by atoms with E-state index in [-0.39, 0.29) is 12.3 Å². The molecular formula is C9H17N3O2. The Morgan fingerprint density at radius 2 is 2.07 bits per heavy atom. The predicted octanol–water partition coefficient (Wildman–Crippen LogP) is -1.02. The quantitative estimate of drug-likeness (QED) is 0.490. The van der Waals surface area contributed by atoms with Gasteiger partial charge in [-0.1, -0.05) is 0 Å². The molecule has 1 rings (SSSR count). The van der Waals surface area contributed by atoms with Crippen LogP contribution in [-0.4, -0.2) is 31.4 Å². The van der Waals surface area contributed by atoms with Crippen LogP contribution >= 0.6 is 0 Å². The first-order chi connectivity index (χ1) is 6.68. The molecule has 4 N–H and O–H groups in total. The maximum atomic E-state index is 11.1. The fourth-order valence-corrected chi connectivity index (χ4v) is 1.10. The standard InChI is InChI=1S/C9H17N3O2/c10-8(13)3-4-12-9(14)6-11-5-7-1-2-7/h7,11H,1-6H2,(H2,10,13)(H,12,14). The molecule has 14 heavy (non-hydrogen) atoms. The van der Waals surface area contributed by atoms with Crippen molar-refractivity contribution in [1.29, 1.82) is 0 Å². The largest absolute Gasteiger partial charge is 0.370 e. The summed E-state index contributed by atoms with van der Waals surface area (Å²) < 4.78 is 0. The molecule has 0 spiro atoms. The van der Waals surface area contributed by atoms with E-state index < -0.39 is 5.91 Å². The summed E-state index contributed by atoms with van der Waals surface area (Å²) in [5.41, 5.74) is 4.92. The minimum Gasteiger partial charge on any atom is -0.370 e. The van der Waals surface area contributed by atoms with E-state index in [0.29, 0.717) is 13.1 Å². The molecule has 1 aliphatic carbocycles. The van der Waals surface area contributed by atoms with Crippen LogP contribution < -0.4 is 16.4 Å². The van der Waals surface area contributed by atoms with Crippen LogP contribution in [0.25, 0.3) is 0 Å². The van der Waals surface area contributed by atoms with Gasteiger partial charge in [0, 0.05) is 13.0 Å². The Bertz CT molecular complexity index is 214. The zero-order valence-corrected chi connectivity index (χ0v) is 8.21. The van der Waals surface area contributed by atoms with Crippen LogP contribution in [-0.2, 0) is 9.59 Å². The van der Waals surface area contributed by atoms with Gasteiger partial charge in [0.15, 0.2) is 0 Å². The van der Waals surface area contributed by atoms with Gasteiger partial charge < -0.3 is 16.4 Å². The Morgan fingerprint density at radius 3 is 2.64 bits per heavy atom. The van der Waals surface area contributed by atoms with Crippen LogP contribution in [0.1, 0.15) is 19.3 Å². The molecule has 0 aliphatic heterocycles. The van der Waals surface area contributed by atoms with Gasteiger partial charge in [0.25, 0.3) is 0 Å². The highest BCUT2D eigenvalue weighted by molar-refractivity contribution is 5.79. The second kappa shape index (κ2) is 5.59. The summed E-state index contributed by atoms with van der Waals surface area (Å²) in [5, 5.41) is 5.66. The zero-order valence-electron chi connectivity index (χ0n) is 8.21. The van der Waals surface area contributed by atoms with Crippen LogP contribution in [0.5, 0.6) is 0 Å². The number of primary amides is 1. The third kappa shape index (κ3) is 5.53. The van der Waals surface area contributed by atoms with Gasteiger partial charge in [-0.2, -0.15) is 0 Å². The second-order valence-electron chi connectivity index (χ2n) is 3.64. The molecule has 5 heteroatoms. The van der Waals surface area contributed by atoms with Crippen molar-refractivity contribution in [2.75, 3.05) is 19.6 Å². The molecule has 0 aromatic carbocycles. The molecule has 80 valence electrons. The van der Waals surface area contributed by atoms with Gasteiger partial charge in [-0.3, -0.25) is 9.59 Å². The molecule has 0 bridgehead atoms. The van der Waals surface area contributed by atoms with E-state index in [9.17, 15) is 9.59 Å². The first-order valence-electron chi connectivity index (χ1n) is 4.94. The Hall–Kier alpha value is -1.10. The second-order valence-corrected chi connectivity index (χ2v) is 3.64. The molecule has 0 saturated heterocycles. The van der Waals surface area contributed by atoms with Gasteiger partial charge in [0.1, 0.15) is 0 Å². The van der Waals surface area contributed by atoms with Gasteiger partial charge in [-0.05, 0) is 25.3 Å². The monoisotopic (exact) mass is 199 g/mol. The van der Waals surface area contributed by atoms with Crippen molar-refractivity contribution >= 4 is 11.8 Å². The minimum absolute atomic E-state index is 0.0769. The summed E-state index contributed by atoms with van der Waals surface area (Å²) in [4.78, 5) is 21.4. The highest BCUT2D eigenvalue weighted by atomic mass is 16.2. The molecule has 0 radical (unpaired) electrons. The van der Waals surface area contributed by atoms with Crippen LogP contribution in [0.2, 0.25) is 0 Å². The lowest BCUT2D eigenvalue weighted by atomic mass is 10.4. The van der Waals surface area contributed by atoms with E-state index in [1.54, 1.807) is 0 Å². The zero-order chi connectivity index (χ0) is 10.4. The average molecular weight is 199 g/mol. The lowest BCUT2D eigenvalue weighted by Gasteiger charge is -2.04. The number of nitrogens with one attached hydrogen (secondary N) is 2. The normalized spacial score (nSPS) is 15.1. The highest BCUT2D eigenvalue weighted by Crippen LogP contribution is 2.27. The molecule has 1 saturated carbocycles. The fourth-order valence-electron chi connectivity index (χ4n) is 1.10. The Morgan fingerprint density at radius 1 is 1.36 bits per heavy atom. The van der Waals surface area contributed by atoms with Crippen LogP contribution in [0.15, 0.2) is 0 Å². The maximum absolute atomic E-state index is 11.1. The molecule has 1 fully saturated rings. The SMILES string of the molecule is NC(=O)CCNC(=O)CNCC1CC1. The van der Waals surface area contributed by atoms with E-state index >= 15 is 0 Å². The summed E-state index contributed by atoms with van der Waals surface area (Å²) in [5.74, 6) is 0.302. The number of hydrogen-bond donors (Lipinski definition) is 3. The van der Waals surface area contributed by atoms with Gasteiger partial charge in [-0.15, -0.1) is 0 Å². The van der Waals surface area contributed by atoms with E-state index in [2.05, 4.69) is 10.6 Å². The summed E-state index contributed by atoms with van der Waals surface area (Å²) in [6.07, 6.45) is 2.75. The van der Waals surface area contributed by atoms with Crippen molar-refractivity contribution in [3.8, 4) is 0 Å². The molecule has 1 aliphatic rings. The van der Waals surface area contributed by atoms with Crippen LogP contribution in [0.3, 0.4) is 0 Å². The molecule has 2 amide bonds. The van der Waals surface area contributed by atoms with Gasteiger partial charge in [0.2, 0.25) is 11.8 Å². The number of rotatable bonds is 7. The summed E-state index contributed by atoms with van der Waals surface area (Å²) in [6, 6.07) is 0. The topological polar surface area (TPSA) is 84.2 Å². The number of carbonyl (C=O) groups is 2. The van der Waals surface area contributed by atoms with Crippen LogP contribution in [0, 0.1) is 5.92 Å². The van der Waals surface area contributed by atoms with E-state index in [1.807, 2.05) is 0 Å². The van der Waals surface area contributed by atoms with Gasteiger partial charge in [0.05, 0.1) is 6.54 Å². The number of hydrogen-bond acceptors (Lipinski definition) is 3. The Labute approximate surface area is 83.4 Å². The molecular weight excluding hydrogens is 182 g/mol. The lowest BCUT2D eigenvalue weighted by Crippen LogP contribution is -2.36. The molecule has 0 atom stereocenters. The van der Waals surface area contributed by atoms with Crippen molar-refractivity contribution in [1.82, 2.24) is 10.6 Å². The Kier molecular flexibility index (Phi) is 4.39. The van der Waals surface area contributed by atoms with E-state index in [1.165, 1.54) is 12.8 Å². The third-order valence-corrected chi connectivity index (χ3v) is 2.11. The fraction of sp³-hybridized carbons (Fsp3) is 0.778. The molecule has 0 heterocycles. The summed E-state index contributed by atoms with van der Waals surface area (Å²) >= 11 is 0. The van der Waals surface area contributed by atoms with Crippen LogP contribution in [0.4, 0.5) is 0 Å². The summed E-state index contributed by atoms with van der Waals surface area (Å²) in [6.45, 7) is 1.58. The number of nitrogens with two attached hydrogens (primary N) is 1. The van der Waals surface area contributed by atoms with Gasteiger partial charge >= 0.3 is 0 Å². The average Bonchev–Trinajstić information content (AvgIpc) is 2.87. The predicted molar refractivity (Wildman–Crippen MR) is 52.4 cm³/mol. The number of carbonyl (C=O) groups excluding carboxylic acids is 2. The first kappa shape index (κ1) is 11.0. The molecule has 0 aromatic heterocycles. The molecule has 5 nitrogen and oxygen atoms in total. The first-order valence-corrected chi connectivity index (χ1v) is 4.94. The smallest absolute Gasteiger partial charge is 0.233 e. The van der Waals surface area contributed by atoms with Crippen molar-refractivity contribution in [2.45, 2.75) is 19.3 Å². The highest BCUT2D eigenvalue weighted by Gasteiger charge is 2.20. The molecule has 0 unspecified atom stereocenters. The van der Waals surface area contributed by atoms with Crippen molar-refractivity contribution in [3.63, 3.8) is 0 Å². The number of amides is 2. The van der Waals surface area contributed by atoms with E-state index in [0.717, 1.165) is 12.5 Å². The lowest BCUT2D eigenvalue weighted by molar-refractivity contribution is -0.120. The van der Waals surface area contributed by atoms with Crippen molar-refractivity contribution in [2.24, 2.45) is 11.7 Å². The van der Waals surface area contributed by atoms with Gasteiger partial charge in [-0.25, -0.2) is 0 Å². The Balaban J connectivity index is 1.89. The third-order valence-electron chi connectivity index (χ3n) is 2.11. The summed E-state index contributed by atoms with van der Waals surface area (Å²) in [7, 11) is 0. The van der Waals surface area contributed by atoms with Crippen molar-refractivity contribution < 1.29 is 9.59 Å². The van der Waals surface area contributed by atoms with Crippen molar-refractivity contribution in [3.05, 3.63) is 0 Å². The van der Waals surface area contributed by atoms with E-state index in [4.69, 9.17) is 5.73 Å². The maximum Gasteiger partial charge on any atom is 0.233 e. The molecule has 0 aromatic rings. The minimum atomic E-state index is -0.392.